The second-order valence-corrected chi connectivity index (χ2v) is 9.15. The molecule has 3 rings (SSSR count). The molecule has 0 radical (unpaired) electrons. The average molecular weight is 414 g/mol. The van der Waals surface area contributed by atoms with E-state index >= 15 is 0 Å². The molecule has 1 atom stereocenters. The first-order valence-electron chi connectivity index (χ1n) is 7.63. The Kier molecular flexibility index (Phi) is 6.00. The standard InChI is InChI=1S/C17H17ClNO3PS2/c1-2-22-23(20,21)19(12-13-6-3-4-7-15(13)18)17-14(9-11-25-17)16-8-5-10-24-16/h3-11H,2,12H2,1H3,(H,20,21). The summed E-state index contributed by atoms with van der Waals surface area (Å²) in [5.41, 5.74) is 1.68. The molecular formula is C17H17ClNO3PS2. The third kappa shape index (κ3) is 4.17. The zero-order valence-electron chi connectivity index (χ0n) is 13.5. The van der Waals surface area contributed by atoms with Crippen LogP contribution in [-0.2, 0) is 15.6 Å². The van der Waals surface area contributed by atoms with Crippen molar-refractivity contribution < 1.29 is 14.0 Å². The van der Waals surface area contributed by atoms with Crippen LogP contribution in [0.4, 0.5) is 5.00 Å². The molecule has 0 spiro atoms. The number of nitrogens with zero attached hydrogens (tertiary/aromatic N) is 1. The number of hydrogen-bond donors (Lipinski definition) is 1. The molecule has 0 aliphatic heterocycles. The topological polar surface area (TPSA) is 49.8 Å². The molecule has 3 aromatic rings. The summed E-state index contributed by atoms with van der Waals surface area (Å²) in [4.78, 5) is 11.6. The summed E-state index contributed by atoms with van der Waals surface area (Å²) in [6.45, 7) is 2.03. The molecule has 1 unspecified atom stereocenters. The van der Waals surface area contributed by atoms with E-state index in [1.807, 2.05) is 47.2 Å². The summed E-state index contributed by atoms with van der Waals surface area (Å²) >= 11 is 9.26. The summed E-state index contributed by atoms with van der Waals surface area (Å²) in [5, 5.41) is 5.14. The van der Waals surface area contributed by atoms with Gasteiger partial charge in [-0.2, -0.15) is 0 Å². The van der Waals surface area contributed by atoms with Crippen LogP contribution in [0.1, 0.15) is 12.5 Å². The lowest BCUT2D eigenvalue weighted by Crippen LogP contribution is -2.20. The Hall–Kier alpha value is -1.14. The first kappa shape index (κ1) is 18.6. The van der Waals surface area contributed by atoms with Crippen molar-refractivity contribution in [1.82, 2.24) is 0 Å². The lowest BCUT2D eigenvalue weighted by molar-refractivity contribution is 0.270. The van der Waals surface area contributed by atoms with Crippen molar-refractivity contribution in [2.75, 3.05) is 11.3 Å². The van der Waals surface area contributed by atoms with Gasteiger partial charge in [0.15, 0.2) is 0 Å². The van der Waals surface area contributed by atoms with Gasteiger partial charge in [-0.15, -0.1) is 22.7 Å². The fourth-order valence-electron chi connectivity index (χ4n) is 2.42. The zero-order valence-corrected chi connectivity index (χ0v) is 16.7. The minimum absolute atomic E-state index is 0.145. The number of anilines is 1. The first-order valence-corrected chi connectivity index (χ1v) is 11.3. The smallest absolute Gasteiger partial charge is 0.308 e. The van der Waals surface area contributed by atoms with Gasteiger partial charge in [0.1, 0.15) is 5.00 Å². The molecule has 2 heterocycles. The molecule has 25 heavy (non-hydrogen) atoms. The lowest BCUT2D eigenvalue weighted by atomic mass is 10.2. The van der Waals surface area contributed by atoms with E-state index in [0.29, 0.717) is 10.0 Å². The number of halogens is 1. The van der Waals surface area contributed by atoms with E-state index in [4.69, 9.17) is 16.1 Å². The van der Waals surface area contributed by atoms with Gasteiger partial charge in [0.2, 0.25) is 0 Å². The Bertz CT molecular complexity index is 882. The fourth-order valence-corrected chi connectivity index (χ4v) is 5.85. The van der Waals surface area contributed by atoms with Crippen LogP contribution in [0, 0.1) is 0 Å². The number of hydrogen-bond acceptors (Lipinski definition) is 4. The van der Waals surface area contributed by atoms with E-state index in [9.17, 15) is 9.46 Å². The van der Waals surface area contributed by atoms with Crippen molar-refractivity contribution >= 4 is 47.0 Å². The molecule has 0 fully saturated rings. The molecule has 0 amide bonds. The van der Waals surface area contributed by atoms with Gasteiger partial charge >= 0.3 is 7.75 Å². The van der Waals surface area contributed by atoms with E-state index in [1.54, 1.807) is 24.3 Å². The van der Waals surface area contributed by atoms with Gasteiger partial charge in [0.05, 0.1) is 13.2 Å². The molecule has 4 nitrogen and oxygen atoms in total. The van der Waals surface area contributed by atoms with Gasteiger partial charge in [-0.05, 0) is 41.4 Å². The predicted molar refractivity (Wildman–Crippen MR) is 107 cm³/mol. The molecule has 1 aromatic carbocycles. The third-order valence-corrected chi connectivity index (χ3v) is 7.44. The van der Waals surface area contributed by atoms with Crippen molar-refractivity contribution in [3.05, 3.63) is 63.8 Å². The molecule has 2 aromatic heterocycles. The first-order chi connectivity index (χ1) is 12.0. The second kappa shape index (κ2) is 8.04. The van der Waals surface area contributed by atoms with E-state index in [2.05, 4.69) is 0 Å². The minimum Gasteiger partial charge on any atom is -0.308 e. The summed E-state index contributed by atoms with van der Waals surface area (Å²) in [5.74, 6) is 0. The lowest BCUT2D eigenvalue weighted by Gasteiger charge is -2.28. The van der Waals surface area contributed by atoms with Crippen molar-refractivity contribution in [3.63, 3.8) is 0 Å². The molecule has 0 bridgehead atoms. The normalized spacial score (nSPS) is 13.6. The monoisotopic (exact) mass is 413 g/mol. The molecule has 0 saturated carbocycles. The van der Waals surface area contributed by atoms with Gasteiger partial charge in [-0.1, -0.05) is 35.9 Å². The van der Waals surface area contributed by atoms with Gasteiger partial charge in [0, 0.05) is 15.5 Å². The molecule has 0 aliphatic rings. The van der Waals surface area contributed by atoms with Crippen molar-refractivity contribution in [3.8, 4) is 10.4 Å². The highest BCUT2D eigenvalue weighted by Gasteiger charge is 2.33. The van der Waals surface area contributed by atoms with Crippen molar-refractivity contribution in [1.29, 1.82) is 0 Å². The van der Waals surface area contributed by atoms with Crippen LogP contribution in [0.5, 0.6) is 0 Å². The van der Waals surface area contributed by atoms with Crippen LogP contribution in [0.3, 0.4) is 0 Å². The summed E-state index contributed by atoms with van der Waals surface area (Å²) in [7, 11) is -4.02. The van der Waals surface area contributed by atoms with E-state index in [1.165, 1.54) is 16.0 Å². The Morgan fingerprint density at radius 2 is 1.96 bits per heavy atom. The van der Waals surface area contributed by atoms with Crippen LogP contribution in [0.25, 0.3) is 10.4 Å². The Balaban J connectivity index is 2.05. The molecule has 8 heteroatoms. The maximum absolute atomic E-state index is 12.9. The number of benzene rings is 1. The van der Waals surface area contributed by atoms with Crippen LogP contribution in [0.15, 0.2) is 53.2 Å². The SMILES string of the molecule is CCOP(=O)(O)N(Cc1ccccc1Cl)c1sccc1-c1cccs1. The Morgan fingerprint density at radius 1 is 1.16 bits per heavy atom. The highest BCUT2D eigenvalue weighted by atomic mass is 35.5. The second-order valence-electron chi connectivity index (χ2n) is 5.17. The van der Waals surface area contributed by atoms with Gasteiger partial charge in [0.25, 0.3) is 0 Å². The van der Waals surface area contributed by atoms with Crippen molar-refractivity contribution in [2.24, 2.45) is 0 Å². The van der Waals surface area contributed by atoms with Crippen LogP contribution < -0.4 is 4.67 Å². The van der Waals surface area contributed by atoms with E-state index in [0.717, 1.165) is 16.0 Å². The molecule has 132 valence electrons. The minimum atomic E-state index is -4.02. The average Bonchev–Trinajstić information content (AvgIpc) is 3.25. The van der Waals surface area contributed by atoms with E-state index in [-0.39, 0.29) is 13.2 Å². The van der Waals surface area contributed by atoms with Crippen LogP contribution >= 0.6 is 42.0 Å². The zero-order chi connectivity index (χ0) is 17.9. The van der Waals surface area contributed by atoms with Crippen LogP contribution in [0.2, 0.25) is 5.02 Å². The largest absolute Gasteiger partial charge is 0.433 e. The molecule has 0 aliphatic carbocycles. The highest BCUT2D eigenvalue weighted by Crippen LogP contribution is 2.54. The fraction of sp³-hybridized carbons (Fsp3) is 0.176. The van der Waals surface area contributed by atoms with Gasteiger partial charge in [-0.25, -0.2) is 4.57 Å². The van der Waals surface area contributed by atoms with Crippen LogP contribution in [-0.4, -0.2) is 11.5 Å². The molecular weight excluding hydrogens is 397 g/mol. The summed E-state index contributed by atoms with van der Waals surface area (Å²) in [6, 6.07) is 13.2. The van der Waals surface area contributed by atoms with Gasteiger partial charge < -0.3 is 4.89 Å². The molecule has 0 saturated heterocycles. The Labute approximate surface area is 159 Å². The molecule has 1 N–H and O–H groups in total. The maximum atomic E-state index is 12.9. The van der Waals surface area contributed by atoms with Gasteiger partial charge in [-0.3, -0.25) is 9.19 Å². The highest BCUT2D eigenvalue weighted by molar-refractivity contribution is 7.55. The predicted octanol–water partition coefficient (Wildman–Crippen LogP) is 6.27. The third-order valence-electron chi connectivity index (χ3n) is 3.55. The maximum Gasteiger partial charge on any atom is 0.433 e. The summed E-state index contributed by atoms with van der Waals surface area (Å²) < 4.78 is 19.5. The number of rotatable bonds is 7. The summed E-state index contributed by atoms with van der Waals surface area (Å²) in [6.07, 6.45) is 0. The van der Waals surface area contributed by atoms with E-state index < -0.39 is 7.75 Å². The van der Waals surface area contributed by atoms with Crippen molar-refractivity contribution in [2.45, 2.75) is 13.5 Å². The number of thiophene rings is 2. The quantitative estimate of drug-likeness (QED) is 0.463. The Morgan fingerprint density at radius 3 is 2.64 bits per heavy atom.